The minimum absolute atomic E-state index is 0.143. The van der Waals surface area contributed by atoms with E-state index in [0.717, 1.165) is 11.8 Å². The minimum atomic E-state index is -4.53. The molecule has 4 aromatic rings. The van der Waals surface area contributed by atoms with Crippen molar-refractivity contribution in [2.45, 2.75) is 11.3 Å². The number of pyridine rings is 1. The van der Waals surface area contributed by atoms with Crippen molar-refractivity contribution in [3.8, 4) is 16.9 Å². The van der Waals surface area contributed by atoms with Gasteiger partial charge in [-0.3, -0.25) is 4.57 Å². The second kappa shape index (κ2) is 6.74. The fraction of sp³-hybridized carbons (Fsp3) is 0.100. The van der Waals surface area contributed by atoms with Gasteiger partial charge >= 0.3 is 6.18 Å². The first-order valence-electron chi connectivity index (χ1n) is 8.14. The zero-order valence-electron chi connectivity index (χ0n) is 14.2. The number of halogens is 3. The number of para-hydroxylation sites is 1. The molecule has 136 valence electrons. The number of hydrogen-bond donors (Lipinski definition) is 0. The lowest BCUT2D eigenvalue weighted by atomic mass is 10.1. The van der Waals surface area contributed by atoms with Crippen LogP contribution in [-0.4, -0.2) is 20.8 Å². The summed E-state index contributed by atoms with van der Waals surface area (Å²) in [5, 5.41) is 0.458. The van der Waals surface area contributed by atoms with Gasteiger partial charge in [-0.15, -0.1) is 0 Å². The van der Waals surface area contributed by atoms with Gasteiger partial charge in [-0.25, -0.2) is 9.97 Å². The highest BCUT2D eigenvalue weighted by Crippen LogP contribution is 2.38. The summed E-state index contributed by atoms with van der Waals surface area (Å²) in [5.41, 5.74) is 0.873. The molecule has 0 fully saturated rings. The molecule has 0 radical (unpaired) electrons. The Morgan fingerprint density at radius 1 is 0.889 bits per heavy atom. The topological polar surface area (TPSA) is 30.7 Å². The van der Waals surface area contributed by atoms with Gasteiger partial charge in [0.05, 0.1) is 11.3 Å². The molecule has 0 unspecified atom stereocenters. The van der Waals surface area contributed by atoms with Crippen molar-refractivity contribution in [2.75, 3.05) is 6.26 Å². The lowest BCUT2D eigenvalue weighted by Crippen LogP contribution is -2.08. The van der Waals surface area contributed by atoms with Crippen LogP contribution in [-0.2, 0) is 6.18 Å². The third kappa shape index (κ3) is 3.19. The van der Waals surface area contributed by atoms with Gasteiger partial charge in [-0.2, -0.15) is 13.2 Å². The van der Waals surface area contributed by atoms with E-state index in [2.05, 4.69) is 9.97 Å². The van der Waals surface area contributed by atoms with Crippen LogP contribution in [0, 0.1) is 0 Å². The lowest BCUT2D eigenvalue weighted by Gasteiger charge is -2.11. The van der Waals surface area contributed by atoms with E-state index in [0.29, 0.717) is 10.7 Å². The monoisotopic (exact) mass is 385 g/mol. The van der Waals surface area contributed by atoms with Crippen molar-refractivity contribution in [1.29, 1.82) is 0 Å². The molecule has 4 rings (SSSR count). The Morgan fingerprint density at radius 2 is 1.52 bits per heavy atom. The van der Waals surface area contributed by atoms with Crippen LogP contribution in [0.25, 0.3) is 28.1 Å². The first-order valence-corrected chi connectivity index (χ1v) is 9.37. The van der Waals surface area contributed by atoms with Crippen molar-refractivity contribution in [3.05, 3.63) is 72.3 Å². The molecule has 7 heteroatoms. The number of rotatable bonds is 3. The molecule has 2 aromatic carbocycles. The summed E-state index contributed by atoms with van der Waals surface area (Å²) in [6.07, 6.45) is -2.75. The molecule has 0 saturated heterocycles. The Hall–Kier alpha value is -2.80. The van der Waals surface area contributed by atoms with E-state index in [1.54, 1.807) is 35.1 Å². The number of thioether (sulfide) groups is 1. The molecule has 0 bridgehead atoms. The van der Waals surface area contributed by atoms with Gasteiger partial charge < -0.3 is 0 Å². The maximum atomic E-state index is 13.8. The van der Waals surface area contributed by atoms with E-state index < -0.39 is 11.7 Å². The Morgan fingerprint density at radius 3 is 2.11 bits per heavy atom. The normalized spacial score (nSPS) is 11.9. The van der Waals surface area contributed by atoms with Crippen LogP contribution in [0.3, 0.4) is 0 Å². The van der Waals surface area contributed by atoms with Gasteiger partial charge in [0, 0.05) is 11.3 Å². The van der Waals surface area contributed by atoms with Gasteiger partial charge in [-0.1, -0.05) is 60.3 Å². The number of aromatic nitrogens is 3. The standard InChI is InChI=1S/C20H14F3N3S/c1-27-19-25-17-15(20(21,22)23)12-16(13-8-4-2-5-9-13)24-18(17)26(19)14-10-6-3-7-11-14/h2-12H,1H3. The highest BCUT2D eigenvalue weighted by atomic mass is 32.2. The molecule has 0 N–H and O–H groups in total. The molecule has 0 saturated carbocycles. The van der Waals surface area contributed by atoms with E-state index >= 15 is 0 Å². The number of nitrogens with zero attached hydrogens (tertiary/aromatic N) is 3. The Labute approximate surface area is 157 Å². The van der Waals surface area contributed by atoms with Crippen molar-refractivity contribution in [3.63, 3.8) is 0 Å². The quantitative estimate of drug-likeness (QED) is 0.416. The third-order valence-electron chi connectivity index (χ3n) is 4.16. The maximum Gasteiger partial charge on any atom is 0.418 e. The van der Waals surface area contributed by atoms with Crippen LogP contribution in [0.2, 0.25) is 0 Å². The Balaban J connectivity index is 2.10. The summed E-state index contributed by atoms with van der Waals surface area (Å²) in [6.45, 7) is 0. The zero-order valence-corrected chi connectivity index (χ0v) is 15.1. The molecular weight excluding hydrogens is 371 g/mol. The van der Waals surface area contributed by atoms with Gasteiger partial charge in [0.25, 0.3) is 0 Å². The van der Waals surface area contributed by atoms with E-state index in [-0.39, 0.29) is 16.9 Å². The van der Waals surface area contributed by atoms with E-state index in [1.165, 1.54) is 11.8 Å². The predicted molar refractivity (Wildman–Crippen MR) is 101 cm³/mol. The SMILES string of the molecule is CSc1nc2c(C(F)(F)F)cc(-c3ccccc3)nc2n1-c1ccccc1. The smallest absolute Gasteiger partial charge is 0.272 e. The zero-order chi connectivity index (χ0) is 19.0. The molecule has 0 aliphatic heterocycles. The highest BCUT2D eigenvalue weighted by molar-refractivity contribution is 7.98. The second-order valence-corrected chi connectivity index (χ2v) is 6.63. The number of hydrogen-bond acceptors (Lipinski definition) is 3. The maximum absolute atomic E-state index is 13.8. The molecule has 2 heterocycles. The summed E-state index contributed by atoms with van der Waals surface area (Å²) >= 11 is 1.28. The van der Waals surface area contributed by atoms with E-state index in [1.807, 2.05) is 36.4 Å². The minimum Gasteiger partial charge on any atom is -0.272 e. The first-order chi connectivity index (χ1) is 13.0. The van der Waals surface area contributed by atoms with Crippen molar-refractivity contribution in [1.82, 2.24) is 14.5 Å². The lowest BCUT2D eigenvalue weighted by molar-refractivity contribution is -0.136. The molecule has 27 heavy (non-hydrogen) atoms. The molecule has 2 aromatic heterocycles. The van der Waals surface area contributed by atoms with Gasteiger partial charge in [0.2, 0.25) is 0 Å². The summed E-state index contributed by atoms with van der Waals surface area (Å²) in [5.74, 6) is 0. The second-order valence-electron chi connectivity index (χ2n) is 5.86. The van der Waals surface area contributed by atoms with Gasteiger partial charge in [0.1, 0.15) is 5.52 Å². The Kier molecular flexibility index (Phi) is 4.39. The fourth-order valence-corrected chi connectivity index (χ4v) is 3.50. The molecule has 0 spiro atoms. The average Bonchev–Trinajstić information content (AvgIpc) is 3.06. The van der Waals surface area contributed by atoms with Crippen molar-refractivity contribution < 1.29 is 13.2 Å². The Bertz CT molecular complexity index is 1090. The molecule has 0 aliphatic rings. The number of benzene rings is 2. The van der Waals surface area contributed by atoms with Crippen molar-refractivity contribution >= 4 is 22.9 Å². The van der Waals surface area contributed by atoms with Crippen LogP contribution < -0.4 is 0 Å². The van der Waals surface area contributed by atoms with E-state index in [9.17, 15) is 13.2 Å². The number of fused-ring (bicyclic) bond motifs is 1. The van der Waals surface area contributed by atoms with Crippen molar-refractivity contribution in [2.24, 2.45) is 0 Å². The van der Waals surface area contributed by atoms with Crippen LogP contribution in [0.4, 0.5) is 13.2 Å². The fourth-order valence-electron chi connectivity index (χ4n) is 2.95. The van der Waals surface area contributed by atoms with Crippen LogP contribution in [0.1, 0.15) is 5.56 Å². The first kappa shape index (κ1) is 17.6. The van der Waals surface area contributed by atoms with Crippen LogP contribution >= 0.6 is 11.8 Å². The molecular formula is C20H14F3N3S. The van der Waals surface area contributed by atoms with Gasteiger partial charge in [-0.05, 0) is 24.5 Å². The summed E-state index contributed by atoms with van der Waals surface area (Å²) in [6, 6.07) is 19.1. The average molecular weight is 385 g/mol. The third-order valence-corrected chi connectivity index (χ3v) is 4.80. The predicted octanol–water partition coefficient (Wildman–Crippen LogP) is 5.83. The number of imidazole rings is 1. The summed E-state index contributed by atoms with van der Waals surface area (Å²) in [4.78, 5) is 8.80. The molecule has 0 amide bonds. The summed E-state index contributed by atoms with van der Waals surface area (Å²) < 4.78 is 43.0. The van der Waals surface area contributed by atoms with Crippen LogP contribution in [0.5, 0.6) is 0 Å². The highest BCUT2D eigenvalue weighted by Gasteiger charge is 2.36. The molecule has 0 aliphatic carbocycles. The molecule has 3 nitrogen and oxygen atoms in total. The van der Waals surface area contributed by atoms with Gasteiger partial charge in [0.15, 0.2) is 10.8 Å². The van der Waals surface area contributed by atoms with E-state index in [4.69, 9.17) is 0 Å². The molecule has 0 atom stereocenters. The number of alkyl halides is 3. The largest absolute Gasteiger partial charge is 0.418 e. The van der Waals surface area contributed by atoms with Crippen LogP contribution in [0.15, 0.2) is 71.9 Å². The summed E-state index contributed by atoms with van der Waals surface area (Å²) in [7, 11) is 0.